The van der Waals surface area contributed by atoms with Crippen molar-refractivity contribution >= 4 is 78.0 Å². The number of esters is 6. The summed E-state index contributed by atoms with van der Waals surface area (Å²) in [6, 6.07) is 14.1. The molecular formula is C78H138N14O27. The van der Waals surface area contributed by atoms with Crippen LogP contribution in [0.15, 0.2) is 60.7 Å². The molecule has 0 saturated heterocycles. The molecule has 7 atom stereocenters. The van der Waals surface area contributed by atoms with Crippen molar-refractivity contribution in [1.82, 2.24) is 74.4 Å². The summed E-state index contributed by atoms with van der Waals surface area (Å²) in [5.74, 6) is -1.36. The lowest BCUT2D eigenvalue weighted by Gasteiger charge is -2.21. The van der Waals surface area contributed by atoms with E-state index in [0.717, 1.165) is 44.1 Å². The summed E-state index contributed by atoms with van der Waals surface area (Å²) in [5, 5.41) is 35.5. The molecule has 0 aliphatic heterocycles. The topological polar surface area (TPSA) is 520 Å². The number of ether oxygens (including phenoxy) is 14. The monoisotopic (exact) mass is 1700 g/mol. The van der Waals surface area contributed by atoms with Gasteiger partial charge in [-0.05, 0) is 70.1 Å². The molecule has 0 aromatic heterocycles. The zero-order chi connectivity index (χ0) is 90.4. The van der Waals surface area contributed by atoms with E-state index in [1.165, 1.54) is 91.9 Å². The Morgan fingerprint density at radius 1 is 0.353 bits per heavy atom. The third kappa shape index (κ3) is 64.5. The van der Waals surface area contributed by atoms with E-state index in [0.29, 0.717) is 58.2 Å². The molecule has 41 nitrogen and oxygen atoms in total. The molecule has 2 fully saturated rings. The van der Waals surface area contributed by atoms with Crippen molar-refractivity contribution in [3.63, 3.8) is 0 Å². The normalized spacial score (nSPS) is 13.4. The number of rotatable bonds is 42. The van der Waals surface area contributed by atoms with Crippen molar-refractivity contribution < 1.29 is 129 Å². The van der Waals surface area contributed by atoms with Crippen LogP contribution in [0, 0.1) is 23.2 Å². The van der Waals surface area contributed by atoms with Gasteiger partial charge in [-0.3, -0.25) is 24.0 Å². The number of urea groups is 7. The molecule has 2 aromatic carbocycles. The number of carbonyl (C=O) groups excluding carboxylic acids is 13. The van der Waals surface area contributed by atoms with E-state index in [-0.39, 0.29) is 179 Å². The molecule has 4 rings (SSSR count). The molecule has 2 aliphatic carbocycles. The molecule has 682 valence electrons. The summed E-state index contributed by atoms with van der Waals surface area (Å²) < 4.78 is 70.5. The Labute approximate surface area is 700 Å². The van der Waals surface area contributed by atoms with Crippen molar-refractivity contribution in [2.24, 2.45) is 23.2 Å². The van der Waals surface area contributed by atoms with Crippen LogP contribution in [0.4, 0.5) is 33.6 Å². The Kier molecular flexibility index (Phi) is 68.3. The second-order valence-corrected chi connectivity index (χ2v) is 27.5. The van der Waals surface area contributed by atoms with Crippen LogP contribution in [-0.2, 0) is 96.9 Å². The molecule has 0 radical (unpaired) electrons. The summed E-state index contributed by atoms with van der Waals surface area (Å²) in [7, 11) is 21.4. The fraction of sp³-hybridized carbons (Fsp3) is 0.679. The van der Waals surface area contributed by atoms with Crippen molar-refractivity contribution in [3.05, 3.63) is 71.8 Å². The fourth-order valence-electron chi connectivity index (χ4n) is 9.14. The Hall–Kier alpha value is -10.2. The maximum atomic E-state index is 11.7. The second-order valence-electron chi connectivity index (χ2n) is 27.5. The van der Waals surface area contributed by atoms with Gasteiger partial charge in [0.2, 0.25) is 0 Å². The summed E-state index contributed by atoms with van der Waals surface area (Å²) in [4.78, 5) is 146. The van der Waals surface area contributed by atoms with E-state index in [9.17, 15) is 62.3 Å². The van der Waals surface area contributed by atoms with Crippen LogP contribution in [0.2, 0.25) is 0 Å². The minimum Gasteiger partial charge on any atom is -0.464 e. The number of benzene rings is 2. The van der Waals surface area contributed by atoms with Gasteiger partial charge in [0.05, 0.1) is 125 Å². The van der Waals surface area contributed by atoms with Gasteiger partial charge < -0.3 is 141 Å². The van der Waals surface area contributed by atoms with Crippen LogP contribution in [-0.4, -0.2) is 312 Å². The number of carbonyl (C=O) groups is 13. The Bertz CT molecular complexity index is 3100. The third-order valence-corrected chi connectivity index (χ3v) is 15.4. The molecular weight excluding hydrogens is 1560 g/mol. The molecule has 14 amide bonds. The van der Waals surface area contributed by atoms with Crippen LogP contribution >= 0.6 is 0 Å². The van der Waals surface area contributed by atoms with E-state index in [1.54, 1.807) is 59.2 Å². The SMILES string of the molecule is CNC(=O)NC(COC)COC(=O)C(C)(C)C.CNC(=O)NC(COC)COC(=O)C1CC1.CNC(=O)NC(COC)COC(=O)C1CCCC1.CNC(=O)NC(COC)COC(=O)CC(C)C.CNC(=O)NC(COC)COC(=O)c1ccccc1.CNC(=O)NC(COC)COC(C)=O.CNC(=O)NC(COC)COCc1ccccc1. The number of amides is 14. The molecule has 2 saturated carbocycles. The lowest BCUT2D eigenvalue weighted by Crippen LogP contribution is -2.46. The van der Waals surface area contributed by atoms with Crippen LogP contribution in [0.1, 0.15) is 102 Å². The summed E-state index contributed by atoms with van der Waals surface area (Å²) >= 11 is 0. The third-order valence-electron chi connectivity index (χ3n) is 15.4. The van der Waals surface area contributed by atoms with Gasteiger partial charge in [-0.2, -0.15) is 0 Å². The molecule has 2 aromatic rings. The van der Waals surface area contributed by atoms with E-state index in [1.807, 2.05) is 50.2 Å². The van der Waals surface area contributed by atoms with E-state index in [2.05, 4.69) is 74.4 Å². The highest BCUT2D eigenvalue weighted by atomic mass is 16.6. The fourth-order valence-corrected chi connectivity index (χ4v) is 9.14. The minimum atomic E-state index is -0.551. The Balaban J connectivity index is -0.00000132. The zero-order valence-electron chi connectivity index (χ0n) is 73.1. The average molecular weight is 1700 g/mol. The van der Waals surface area contributed by atoms with Gasteiger partial charge in [-0.25, -0.2) is 38.4 Å². The van der Waals surface area contributed by atoms with Crippen LogP contribution in [0.5, 0.6) is 0 Å². The quantitative estimate of drug-likeness (QED) is 0.0335. The predicted octanol–water partition coefficient (Wildman–Crippen LogP) is 3.01. The van der Waals surface area contributed by atoms with Crippen LogP contribution < -0.4 is 74.4 Å². The van der Waals surface area contributed by atoms with Crippen LogP contribution in [0.3, 0.4) is 0 Å². The Morgan fingerprint density at radius 2 is 0.630 bits per heavy atom. The van der Waals surface area contributed by atoms with Gasteiger partial charge in [0.1, 0.15) is 39.6 Å². The maximum absolute atomic E-state index is 11.7. The van der Waals surface area contributed by atoms with Crippen molar-refractivity contribution in [3.8, 4) is 0 Å². The second kappa shape index (κ2) is 71.9. The van der Waals surface area contributed by atoms with Crippen molar-refractivity contribution in [2.75, 3.05) is 192 Å². The van der Waals surface area contributed by atoms with Gasteiger partial charge in [0, 0.05) is 112 Å². The highest BCUT2D eigenvalue weighted by Crippen LogP contribution is 2.30. The number of methoxy groups -OCH3 is 7. The molecule has 0 spiro atoms. The van der Waals surface area contributed by atoms with Crippen LogP contribution in [0.25, 0.3) is 0 Å². The molecule has 7 unspecified atom stereocenters. The first-order valence-electron chi connectivity index (χ1n) is 38.6. The maximum Gasteiger partial charge on any atom is 0.338 e. The number of nitrogens with one attached hydrogen (secondary N) is 14. The van der Waals surface area contributed by atoms with Gasteiger partial charge in [-0.15, -0.1) is 0 Å². The molecule has 119 heavy (non-hydrogen) atoms. The smallest absolute Gasteiger partial charge is 0.338 e. The lowest BCUT2D eigenvalue weighted by atomic mass is 9.97. The Morgan fingerprint density at radius 3 is 0.916 bits per heavy atom. The first kappa shape index (κ1) is 113. The van der Waals surface area contributed by atoms with E-state index in [4.69, 9.17) is 66.3 Å². The van der Waals surface area contributed by atoms with Gasteiger partial charge >= 0.3 is 78.0 Å². The lowest BCUT2D eigenvalue weighted by molar-refractivity contribution is -0.154. The average Bonchev–Trinajstić information content (AvgIpc) is 1.77. The predicted molar refractivity (Wildman–Crippen MR) is 440 cm³/mol. The van der Waals surface area contributed by atoms with Gasteiger partial charge in [0.25, 0.3) is 0 Å². The first-order valence-corrected chi connectivity index (χ1v) is 38.6. The van der Waals surface area contributed by atoms with Crippen molar-refractivity contribution in [2.45, 2.75) is 135 Å². The van der Waals surface area contributed by atoms with Gasteiger partial charge in [-0.1, -0.05) is 75.2 Å². The van der Waals surface area contributed by atoms with E-state index < -0.39 is 17.4 Å². The van der Waals surface area contributed by atoms with E-state index >= 15 is 0 Å². The highest BCUT2D eigenvalue weighted by molar-refractivity contribution is 5.89. The largest absolute Gasteiger partial charge is 0.464 e. The van der Waals surface area contributed by atoms with Crippen molar-refractivity contribution in [1.29, 1.82) is 0 Å². The molecule has 2 aliphatic rings. The minimum absolute atomic E-state index is 0.0354. The standard InChI is InChI=1S/C13H18N2O4.C13H20N2O3.C12H22N2O4.2C11H22N2O4.C10H18N2O4.C8H16N2O4/c1-14-13(17)15-11(8-18-2)9-19-12(16)10-6-4-3-5-7-10;1-14-13(16)15-12(9-17-2)10-18-8-11-6-4-3-5-7-11;1-13-12(16)14-10(7-17-2)8-18-11(15)9-5-3-4-6-9;1-11(2,3)9(14)17-7-8(6-16-5)13-10(15)12-4;1-8(2)5-10(14)17-7-9(6-16-4)13-11(15)12-3;1-11-10(14)12-8(5-15-2)6-16-9(13)7-3-4-7;1-6(11)14-5-7(4-13-3)10-8(12)9-2/h3-7,11H,8-9H2,1-2H3,(H2,14,15,17);3-7,12H,8-10H2,1-2H3,(H2,14,15,16);9-10H,3-8H2,1-2H3,(H2,13,14,16);8H,6-7H2,1-5H3,(H2,12,13,15);8-9H,5-7H2,1-4H3,(H2,12,13,15);7-8H,3-6H2,1-2H3,(H2,11,12,14);7H,4-5H2,1-3H3,(H2,9,10,12). The zero-order valence-corrected chi connectivity index (χ0v) is 73.1. The molecule has 0 heterocycles. The summed E-state index contributed by atoms with van der Waals surface area (Å²) in [5.41, 5.74) is 1.03. The molecule has 41 heteroatoms. The highest BCUT2D eigenvalue weighted by Gasteiger charge is 2.32. The summed E-state index contributed by atoms with van der Waals surface area (Å²) in [6.45, 7) is 14.3. The number of hydrogen-bond acceptors (Lipinski definition) is 27. The van der Waals surface area contributed by atoms with Gasteiger partial charge in [0.15, 0.2) is 0 Å². The molecule has 0 bridgehead atoms. The number of hydrogen-bond donors (Lipinski definition) is 14. The summed E-state index contributed by atoms with van der Waals surface area (Å²) in [6.07, 6.45) is 6.22. The molecule has 14 N–H and O–H groups in total. The first-order chi connectivity index (χ1) is 56.7.